The highest BCUT2D eigenvalue weighted by Gasteiger charge is 2.43. The van der Waals surface area contributed by atoms with Crippen LogP contribution in [0.1, 0.15) is 57.2 Å². The lowest BCUT2D eigenvalue weighted by Crippen LogP contribution is -2.35. The Balaban J connectivity index is 1.58. The molecule has 5 heteroatoms. The summed E-state index contributed by atoms with van der Waals surface area (Å²) in [5.74, 6) is 2.80. The van der Waals surface area contributed by atoms with E-state index in [1.807, 2.05) is 18.7 Å². The second kappa shape index (κ2) is 4.85. The molecule has 1 aromatic heterocycles. The molecule has 0 bridgehead atoms. The van der Waals surface area contributed by atoms with Crippen molar-refractivity contribution in [3.05, 3.63) is 11.7 Å². The molecule has 0 radical (unpaired) electrons. The third kappa shape index (κ3) is 2.57. The number of nitrogens with two attached hydrogens (primary N) is 1. The van der Waals surface area contributed by atoms with Crippen LogP contribution < -0.4 is 5.73 Å². The first-order chi connectivity index (χ1) is 8.66. The molecule has 2 saturated carbocycles. The van der Waals surface area contributed by atoms with Crippen LogP contribution in [0.5, 0.6) is 0 Å². The number of thioether (sulfide) groups is 1. The Morgan fingerprint density at radius 2 is 2.06 bits per heavy atom. The maximum Gasteiger partial charge on any atom is 0.246 e. The highest BCUT2D eigenvalue weighted by molar-refractivity contribution is 7.99. The van der Waals surface area contributed by atoms with Crippen molar-refractivity contribution < 1.29 is 4.52 Å². The summed E-state index contributed by atoms with van der Waals surface area (Å²) in [5.41, 5.74) is 5.84. The lowest BCUT2D eigenvalue weighted by atomic mass is 9.97. The van der Waals surface area contributed by atoms with Crippen LogP contribution in [-0.4, -0.2) is 15.4 Å². The lowest BCUT2D eigenvalue weighted by Gasteiger charge is -2.18. The molecule has 1 atom stereocenters. The Kier molecular flexibility index (Phi) is 3.36. The molecule has 2 N–H and O–H groups in total. The molecule has 1 unspecified atom stereocenters. The summed E-state index contributed by atoms with van der Waals surface area (Å²) in [4.78, 5) is 4.48. The molecule has 0 aliphatic heterocycles. The van der Waals surface area contributed by atoms with E-state index < -0.39 is 5.54 Å². The summed E-state index contributed by atoms with van der Waals surface area (Å²) < 4.78 is 5.35. The first-order valence-electron chi connectivity index (χ1n) is 6.90. The summed E-state index contributed by atoms with van der Waals surface area (Å²) in [5, 5.41) is 4.86. The molecule has 2 aliphatic carbocycles. The molecule has 18 heavy (non-hydrogen) atoms. The van der Waals surface area contributed by atoms with Crippen LogP contribution in [0.15, 0.2) is 4.52 Å². The number of nitrogens with zero attached hydrogens (tertiary/aromatic N) is 2. The van der Waals surface area contributed by atoms with Gasteiger partial charge in [-0.05, 0) is 38.5 Å². The van der Waals surface area contributed by atoms with Crippen LogP contribution >= 0.6 is 11.8 Å². The van der Waals surface area contributed by atoms with Gasteiger partial charge in [-0.2, -0.15) is 16.7 Å². The van der Waals surface area contributed by atoms with Crippen molar-refractivity contribution in [3.63, 3.8) is 0 Å². The van der Waals surface area contributed by atoms with Crippen LogP contribution in [0.25, 0.3) is 0 Å². The van der Waals surface area contributed by atoms with Crippen LogP contribution in [0, 0.1) is 5.92 Å². The third-order valence-corrected chi connectivity index (χ3v) is 5.47. The Hall–Kier alpha value is -0.550. The Bertz CT molecular complexity index is 408. The maximum absolute atomic E-state index is 6.27. The van der Waals surface area contributed by atoms with E-state index in [0.29, 0.717) is 11.8 Å². The topological polar surface area (TPSA) is 64.9 Å². The monoisotopic (exact) mass is 267 g/mol. The molecule has 4 nitrogen and oxygen atoms in total. The molecule has 2 aliphatic rings. The van der Waals surface area contributed by atoms with Crippen LogP contribution in [-0.2, 0) is 11.3 Å². The minimum absolute atomic E-state index is 0.427. The average molecular weight is 267 g/mol. The Labute approximate surface area is 112 Å². The number of rotatable bonds is 5. The summed E-state index contributed by atoms with van der Waals surface area (Å²) in [6.45, 7) is 2.01. The second-order valence-corrected chi connectivity index (χ2v) is 7.08. The normalized spacial score (nSPS) is 24.3. The van der Waals surface area contributed by atoms with Gasteiger partial charge in [0.05, 0.1) is 11.3 Å². The predicted octanol–water partition coefficient (Wildman–Crippen LogP) is 2.83. The molecule has 0 aromatic carbocycles. The van der Waals surface area contributed by atoms with Crippen molar-refractivity contribution in [2.75, 3.05) is 0 Å². The van der Waals surface area contributed by atoms with Crippen molar-refractivity contribution in [1.29, 1.82) is 0 Å². The zero-order chi connectivity index (χ0) is 12.6. The Morgan fingerprint density at radius 1 is 1.33 bits per heavy atom. The highest BCUT2D eigenvalue weighted by atomic mass is 32.2. The summed E-state index contributed by atoms with van der Waals surface area (Å²) in [7, 11) is 0. The van der Waals surface area contributed by atoms with Crippen LogP contribution in [0.2, 0.25) is 0 Å². The van der Waals surface area contributed by atoms with Gasteiger partial charge in [0.15, 0.2) is 5.82 Å². The lowest BCUT2D eigenvalue weighted by molar-refractivity contribution is 0.272. The molecular formula is C13H21N3OS. The summed E-state index contributed by atoms with van der Waals surface area (Å²) in [6, 6.07) is 0. The van der Waals surface area contributed by atoms with E-state index in [-0.39, 0.29) is 0 Å². The van der Waals surface area contributed by atoms with E-state index in [4.69, 9.17) is 10.3 Å². The fourth-order valence-corrected chi connectivity index (χ4v) is 3.81. The smallest absolute Gasteiger partial charge is 0.246 e. The first kappa shape index (κ1) is 12.5. The fraction of sp³-hybridized carbons (Fsp3) is 0.846. The Morgan fingerprint density at radius 3 is 2.72 bits per heavy atom. The van der Waals surface area contributed by atoms with E-state index in [9.17, 15) is 0 Å². The SMILES string of the molecule is CC(N)(c1nc(CSC2CCCC2)no1)C1CC1. The van der Waals surface area contributed by atoms with Crippen molar-refractivity contribution >= 4 is 11.8 Å². The maximum atomic E-state index is 6.27. The molecule has 0 spiro atoms. The molecule has 3 rings (SSSR count). The number of hydrogen-bond donors (Lipinski definition) is 1. The van der Waals surface area contributed by atoms with Crippen molar-refractivity contribution in [2.45, 2.75) is 62.0 Å². The fourth-order valence-electron chi connectivity index (χ4n) is 2.64. The number of aromatic nitrogens is 2. The van der Waals surface area contributed by atoms with Gasteiger partial charge < -0.3 is 10.3 Å². The minimum Gasteiger partial charge on any atom is -0.337 e. The van der Waals surface area contributed by atoms with Gasteiger partial charge in [0.1, 0.15) is 0 Å². The zero-order valence-electron chi connectivity index (χ0n) is 10.9. The average Bonchev–Trinajstić information content (AvgIpc) is 2.91. The van der Waals surface area contributed by atoms with E-state index in [0.717, 1.165) is 16.8 Å². The quantitative estimate of drug-likeness (QED) is 0.888. The second-order valence-electron chi connectivity index (χ2n) is 5.79. The third-order valence-electron chi connectivity index (χ3n) is 4.10. The molecule has 100 valence electrons. The van der Waals surface area contributed by atoms with Crippen molar-refractivity contribution in [2.24, 2.45) is 11.7 Å². The van der Waals surface area contributed by atoms with E-state index in [1.165, 1.54) is 38.5 Å². The van der Waals surface area contributed by atoms with Gasteiger partial charge in [-0.1, -0.05) is 18.0 Å². The summed E-state index contributed by atoms with van der Waals surface area (Å²) >= 11 is 1.96. The zero-order valence-corrected chi connectivity index (χ0v) is 11.7. The van der Waals surface area contributed by atoms with Crippen molar-refractivity contribution in [3.8, 4) is 0 Å². The predicted molar refractivity (Wildman–Crippen MR) is 72.1 cm³/mol. The van der Waals surface area contributed by atoms with Gasteiger partial charge in [-0.3, -0.25) is 0 Å². The van der Waals surface area contributed by atoms with Crippen LogP contribution in [0.3, 0.4) is 0 Å². The van der Waals surface area contributed by atoms with E-state index in [2.05, 4.69) is 10.1 Å². The summed E-state index contributed by atoms with van der Waals surface area (Å²) in [6.07, 6.45) is 7.79. The van der Waals surface area contributed by atoms with Gasteiger partial charge in [-0.25, -0.2) is 0 Å². The van der Waals surface area contributed by atoms with E-state index in [1.54, 1.807) is 0 Å². The molecular weight excluding hydrogens is 246 g/mol. The van der Waals surface area contributed by atoms with Gasteiger partial charge in [0, 0.05) is 5.25 Å². The molecule has 1 heterocycles. The molecule has 2 fully saturated rings. The van der Waals surface area contributed by atoms with Gasteiger partial charge >= 0.3 is 0 Å². The number of hydrogen-bond acceptors (Lipinski definition) is 5. The molecule has 1 aromatic rings. The van der Waals surface area contributed by atoms with Gasteiger partial charge in [0.25, 0.3) is 0 Å². The molecule has 0 saturated heterocycles. The largest absolute Gasteiger partial charge is 0.337 e. The standard InChI is InChI=1S/C13H21N3OS/c1-13(14,9-6-7-9)12-15-11(16-17-12)8-18-10-4-2-3-5-10/h9-10H,2-8,14H2,1H3. The van der Waals surface area contributed by atoms with Gasteiger partial charge in [-0.15, -0.1) is 0 Å². The van der Waals surface area contributed by atoms with Crippen molar-refractivity contribution in [1.82, 2.24) is 10.1 Å². The highest BCUT2D eigenvalue weighted by Crippen LogP contribution is 2.43. The minimum atomic E-state index is -0.427. The molecule has 0 amide bonds. The van der Waals surface area contributed by atoms with Crippen LogP contribution in [0.4, 0.5) is 0 Å². The van der Waals surface area contributed by atoms with E-state index >= 15 is 0 Å². The first-order valence-corrected chi connectivity index (χ1v) is 7.94. The van der Waals surface area contributed by atoms with Gasteiger partial charge in [0.2, 0.25) is 5.89 Å².